The van der Waals surface area contributed by atoms with Gasteiger partial charge >= 0.3 is 5.97 Å². The minimum absolute atomic E-state index is 0.151. The zero-order valence-electron chi connectivity index (χ0n) is 10.9. The quantitative estimate of drug-likeness (QED) is 0.629. The molecule has 0 aliphatic carbocycles. The summed E-state index contributed by atoms with van der Waals surface area (Å²) in [6.07, 6.45) is 0.801. The zero-order chi connectivity index (χ0) is 15.3. The molecule has 0 bridgehead atoms. The maximum atomic E-state index is 11.9. The fourth-order valence-electron chi connectivity index (χ4n) is 1.53. The first-order valence-electron chi connectivity index (χ1n) is 5.76. The topological polar surface area (TPSA) is 127 Å². The monoisotopic (exact) mass is 300 g/mol. The molecule has 0 heterocycles. The summed E-state index contributed by atoms with van der Waals surface area (Å²) in [6, 6.07) is 4.93. The number of rotatable bonds is 6. The molecular formula is C12H16N2O5S. The molecule has 20 heavy (non-hydrogen) atoms. The number of carbonyl (C=O) groups is 2. The Kier molecular flexibility index (Phi) is 5.09. The van der Waals surface area contributed by atoms with Gasteiger partial charge in [0.25, 0.3) is 5.91 Å². The molecule has 0 aromatic heterocycles. The number of nitrogens with one attached hydrogen (secondary N) is 1. The van der Waals surface area contributed by atoms with Crippen molar-refractivity contribution in [1.82, 2.24) is 5.32 Å². The van der Waals surface area contributed by atoms with E-state index in [2.05, 4.69) is 5.32 Å². The van der Waals surface area contributed by atoms with Gasteiger partial charge in [-0.3, -0.25) is 4.79 Å². The van der Waals surface area contributed by atoms with Crippen LogP contribution in [-0.2, 0) is 14.6 Å². The lowest BCUT2D eigenvalue weighted by molar-refractivity contribution is -0.139. The summed E-state index contributed by atoms with van der Waals surface area (Å²) in [4.78, 5) is 22.9. The van der Waals surface area contributed by atoms with Crippen LogP contribution in [0.2, 0.25) is 0 Å². The normalized spacial score (nSPS) is 12.7. The Balaban J connectivity index is 2.79. The zero-order valence-corrected chi connectivity index (χ0v) is 11.7. The van der Waals surface area contributed by atoms with E-state index in [1.807, 2.05) is 0 Å². The lowest BCUT2D eigenvalue weighted by Gasteiger charge is -2.14. The number of amides is 1. The number of nitrogens with two attached hydrogens (primary N) is 1. The highest BCUT2D eigenvalue weighted by Crippen LogP contribution is 2.10. The number of nitrogen functional groups attached to an aromatic ring is 1. The van der Waals surface area contributed by atoms with Crippen LogP contribution in [0.3, 0.4) is 0 Å². The molecule has 0 aliphatic heterocycles. The van der Waals surface area contributed by atoms with E-state index in [1.54, 1.807) is 12.1 Å². The first-order chi connectivity index (χ1) is 9.20. The molecule has 4 N–H and O–H groups in total. The van der Waals surface area contributed by atoms with E-state index in [0.29, 0.717) is 0 Å². The van der Waals surface area contributed by atoms with Gasteiger partial charge in [0.15, 0.2) is 0 Å². The van der Waals surface area contributed by atoms with E-state index in [-0.39, 0.29) is 23.4 Å². The summed E-state index contributed by atoms with van der Waals surface area (Å²) in [5.41, 5.74) is 5.98. The predicted octanol–water partition coefficient (Wildman–Crippen LogP) is -0.114. The summed E-state index contributed by atoms with van der Waals surface area (Å²) >= 11 is 0. The molecule has 0 fully saturated rings. The van der Waals surface area contributed by atoms with Gasteiger partial charge in [-0.15, -0.1) is 0 Å². The van der Waals surface area contributed by atoms with Crippen LogP contribution in [0.5, 0.6) is 0 Å². The van der Waals surface area contributed by atoms with Crippen LogP contribution in [0.1, 0.15) is 16.8 Å². The highest BCUT2D eigenvalue weighted by atomic mass is 32.2. The van der Waals surface area contributed by atoms with Crippen LogP contribution in [0.15, 0.2) is 24.3 Å². The third-order valence-corrected chi connectivity index (χ3v) is 3.56. The third kappa shape index (κ3) is 4.88. The second-order valence-electron chi connectivity index (χ2n) is 4.37. The average molecular weight is 300 g/mol. The van der Waals surface area contributed by atoms with Crippen molar-refractivity contribution in [2.45, 2.75) is 12.5 Å². The first-order valence-corrected chi connectivity index (χ1v) is 7.82. The lowest BCUT2D eigenvalue weighted by Crippen LogP contribution is -2.42. The largest absolute Gasteiger partial charge is 0.480 e. The molecule has 1 unspecified atom stereocenters. The van der Waals surface area contributed by atoms with E-state index < -0.39 is 27.8 Å². The van der Waals surface area contributed by atoms with E-state index in [9.17, 15) is 18.0 Å². The number of carboxylic acids is 1. The van der Waals surface area contributed by atoms with Crippen LogP contribution in [0.4, 0.5) is 5.69 Å². The van der Waals surface area contributed by atoms with E-state index >= 15 is 0 Å². The standard InChI is InChI=1S/C12H16N2O5S/c1-20(18,19)7-6-10(12(16)17)14-11(15)8-4-2-3-5-9(8)13/h2-5,10H,6-7,13H2,1H3,(H,14,15)(H,16,17). The molecule has 0 saturated heterocycles. The Bertz CT molecular complexity index is 612. The van der Waals surface area contributed by atoms with Crippen molar-refractivity contribution < 1.29 is 23.1 Å². The number of carboxylic acid groups (broad SMARTS) is 1. The maximum Gasteiger partial charge on any atom is 0.326 e. The Morgan fingerprint density at radius 1 is 1.35 bits per heavy atom. The molecule has 0 aliphatic rings. The van der Waals surface area contributed by atoms with Crippen molar-refractivity contribution in [3.8, 4) is 0 Å². The van der Waals surface area contributed by atoms with Gasteiger partial charge in [0.2, 0.25) is 0 Å². The number of hydrogen-bond donors (Lipinski definition) is 3. The van der Waals surface area contributed by atoms with Gasteiger partial charge in [-0.1, -0.05) is 12.1 Å². The summed E-state index contributed by atoms with van der Waals surface area (Å²) in [5.74, 6) is -2.27. The van der Waals surface area contributed by atoms with Crippen molar-refractivity contribution >= 4 is 27.4 Å². The molecule has 0 saturated carbocycles. The van der Waals surface area contributed by atoms with Gasteiger partial charge in [0.1, 0.15) is 15.9 Å². The molecule has 1 amide bonds. The van der Waals surface area contributed by atoms with E-state index in [1.165, 1.54) is 12.1 Å². The first kappa shape index (κ1) is 16.0. The van der Waals surface area contributed by atoms with Crippen LogP contribution in [0, 0.1) is 0 Å². The Labute approximate surface area is 116 Å². The van der Waals surface area contributed by atoms with Crippen LogP contribution >= 0.6 is 0 Å². The molecule has 1 atom stereocenters. The summed E-state index contributed by atoms with van der Waals surface area (Å²) in [5, 5.41) is 11.3. The predicted molar refractivity (Wildman–Crippen MR) is 74.1 cm³/mol. The molecule has 7 nitrogen and oxygen atoms in total. The fourth-order valence-corrected chi connectivity index (χ4v) is 2.19. The summed E-state index contributed by atoms with van der Waals surface area (Å²) < 4.78 is 22.1. The summed E-state index contributed by atoms with van der Waals surface area (Å²) in [7, 11) is -3.30. The van der Waals surface area contributed by atoms with Gasteiger partial charge in [-0.05, 0) is 18.6 Å². The molecule has 1 aromatic carbocycles. The van der Waals surface area contributed by atoms with Gasteiger partial charge in [-0.2, -0.15) is 0 Å². The van der Waals surface area contributed by atoms with Crippen LogP contribution in [-0.4, -0.2) is 43.5 Å². The van der Waals surface area contributed by atoms with Crippen molar-refractivity contribution in [3.63, 3.8) is 0 Å². The fraction of sp³-hybridized carbons (Fsp3) is 0.333. The SMILES string of the molecule is CS(=O)(=O)CCC(NC(=O)c1ccccc1N)C(=O)O. The van der Waals surface area contributed by atoms with Gasteiger partial charge in [0.05, 0.1) is 11.3 Å². The minimum Gasteiger partial charge on any atom is -0.480 e. The molecule has 1 rings (SSSR count). The van der Waals surface area contributed by atoms with Gasteiger partial charge in [0, 0.05) is 11.9 Å². The highest BCUT2D eigenvalue weighted by Gasteiger charge is 2.22. The summed E-state index contributed by atoms with van der Waals surface area (Å²) in [6.45, 7) is 0. The number of anilines is 1. The van der Waals surface area contributed by atoms with Gasteiger partial charge in [-0.25, -0.2) is 13.2 Å². The number of sulfone groups is 1. The molecule has 0 spiro atoms. The number of para-hydroxylation sites is 1. The second-order valence-corrected chi connectivity index (χ2v) is 6.63. The van der Waals surface area contributed by atoms with Crippen molar-refractivity contribution in [1.29, 1.82) is 0 Å². The van der Waals surface area contributed by atoms with Crippen molar-refractivity contribution in [2.75, 3.05) is 17.7 Å². The Morgan fingerprint density at radius 3 is 2.45 bits per heavy atom. The van der Waals surface area contributed by atoms with Crippen LogP contribution in [0.25, 0.3) is 0 Å². The number of aliphatic carboxylic acids is 1. The minimum atomic E-state index is -3.30. The number of hydrogen-bond acceptors (Lipinski definition) is 5. The van der Waals surface area contributed by atoms with Crippen LogP contribution < -0.4 is 11.1 Å². The number of carbonyl (C=O) groups excluding carboxylic acids is 1. The molecular weight excluding hydrogens is 284 g/mol. The van der Waals surface area contributed by atoms with E-state index in [0.717, 1.165) is 6.26 Å². The lowest BCUT2D eigenvalue weighted by atomic mass is 10.1. The second kappa shape index (κ2) is 6.38. The highest BCUT2D eigenvalue weighted by molar-refractivity contribution is 7.90. The van der Waals surface area contributed by atoms with Crippen molar-refractivity contribution in [3.05, 3.63) is 29.8 Å². The molecule has 0 radical (unpaired) electrons. The maximum absolute atomic E-state index is 11.9. The van der Waals surface area contributed by atoms with Gasteiger partial charge < -0.3 is 16.2 Å². The Morgan fingerprint density at radius 2 is 1.95 bits per heavy atom. The third-order valence-electron chi connectivity index (χ3n) is 2.59. The average Bonchev–Trinajstić information content (AvgIpc) is 2.33. The number of benzene rings is 1. The smallest absolute Gasteiger partial charge is 0.326 e. The molecule has 8 heteroatoms. The van der Waals surface area contributed by atoms with Crippen molar-refractivity contribution in [2.24, 2.45) is 0 Å². The molecule has 1 aromatic rings. The van der Waals surface area contributed by atoms with E-state index in [4.69, 9.17) is 10.8 Å². The molecule has 110 valence electrons. The Hall–Kier alpha value is -2.09.